The van der Waals surface area contributed by atoms with Crippen molar-refractivity contribution in [3.63, 3.8) is 0 Å². The molecule has 3 saturated heterocycles. The van der Waals surface area contributed by atoms with Crippen molar-refractivity contribution in [2.45, 2.75) is 38.6 Å². The van der Waals surface area contributed by atoms with E-state index in [0.717, 1.165) is 12.5 Å². The lowest BCUT2D eigenvalue weighted by Gasteiger charge is -2.41. The standard InChI is InChI=1S/C21H33N3.ClH/c1-2-5-19(6-3-1)16-24-14-10-21(18-24)8-12-23(13-9-21)17-20-7-4-11-22-15-20;/h1-3,5-6,20,22H,4,7-18H2;1H. The number of rotatable bonds is 4. The van der Waals surface area contributed by atoms with Gasteiger partial charge in [-0.15, -0.1) is 12.4 Å². The topological polar surface area (TPSA) is 18.5 Å². The zero-order valence-electron chi connectivity index (χ0n) is 15.5. The monoisotopic (exact) mass is 363 g/mol. The van der Waals surface area contributed by atoms with Crippen molar-refractivity contribution in [2.75, 3.05) is 45.8 Å². The zero-order chi connectivity index (χ0) is 16.2. The van der Waals surface area contributed by atoms with Crippen LogP contribution in [0.25, 0.3) is 0 Å². The van der Waals surface area contributed by atoms with Crippen LogP contribution in [-0.4, -0.2) is 55.6 Å². The van der Waals surface area contributed by atoms with Crippen LogP contribution in [-0.2, 0) is 6.54 Å². The molecule has 3 aliphatic heterocycles. The summed E-state index contributed by atoms with van der Waals surface area (Å²) >= 11 is 0. The quantitative estimate of drug-likeness (QED) is 0.884. The van der Waals surface area contributed by atoms with Gasteiger partial charge in [0.15, 0.2) is 0 Å². The molecule has 1 N–H and O–H groups in total. The van der Waals surface area contributed by atoms with E-state index in [1.54, 1.807) is 0 Å². The first-order valence-corrected chi connectivity index (χ1v) is 10.0. The highest BCUT2D eigenvalue weighted by Crippen LogP contribution is 2.41. The highest BCUT2D eigenvalue weighted by Gasteiger charge is 2.40. The van der Waals surface area contributed by atoms with Gasteiger partial charge < -0.3 is 10.2 Å². The van der Waals surface area contributed by atoms with E-state index in [-0.39, 0.29) is 12.4 Å². The Hall–Kier alpha value is -0.610. The van der Waals surface area contributed by atoms with E-state index in [2.05, 4.69) is 45.4 Å². The van der Waals surface area contributed by atoms with Gasteiger partial charge in [-0.1, -0.05) is 30.3 Å². The summed E-state index contributed by atoms with van der Waals surface area (Å²) in [5.41, 5.74) is 2.09. The lowest BCUT2D eigenvalue weighted by molar-refractivity contribution is 0.0907. The van der Waals surface area contributed by atoms with Crippen LogP contribution in [0.3, 0.4) is 0 Å². The minimum absolute atomic E-state index is 0. The minimum atomic E-state index is 0. The Balaban J connectivity index is 0.00000182. The number of nitrogens with one attached hydrogen (secondary N) is 1. The van der Waals surface area contributed by atoms with E-state index >= 15 is 0 Å². The third-order valence-corrected chi connectivity index (χ3v) is 6.60. The lowest BCUT2D eigenvalue weighted by Crippen LogP contribution is -2.45. The van der Waals surface area contributed by atoms with E-state index in [1.165, 1.54) is 83.5 Å². The third-order valence-electron chi connectivity index (χ3n) is 6.60. The van der Waals surface area contributed by atoms with Gasteiger partial charge in [-0.2, -0.15) is 0 Å². The Kier molecular flexibility index (Phi) is 6.79. The first-order valence-electron chi connectivity index (χ1n) is 10.0. The molecule has 3 nitrogen and oxygen atoms in total. The van der Waals surface area contributed by atoms with Crippen molar-refractivity contribution < 1.29 is 0 Å². The highest BCUT2D eigenvalue weighted by atomic mass is 35.5. The number of piperidine rings is 2. The van der Waals surface area contributed by atoms with Gasteiger partial charge in [0.1, 0.15) is 0 Å². The molecule has 0 saturated carbocycles. The van der Waals surface area contributed by atoms with Gasteiger partial charge in [0.05, 0.1) is 0 Å². The number of benzene rings is 1. The van der Waals surface area contributed by atoms with Crippen molar-refractivity contribution in [3.8, 4) is 0 Å². The molecule has 0 amide bonds. The number of halogens is 1. The summed E-state index contributed by atoms with van der Waals surface area (Å²) in [6.07, 6.45) is 7.05. The Morgan fingerprint density at radius 3 is 2.40 bits per heavy atom. The predicted molar refractivity (Wildman–Crippen MR) is 107 cm³/mol. The average Bonchev–Trinajstić information content (AvgIpc) is 3.01. The number of likely N-dealkylation sites (tertiary alicyclic amines) is 2. The normalized spacial score (nSPS) is 27.3. The Labute approximate surface area is 159 Å². The molecule has 25 heavy (non-hydrogen) atoms. The van der Waals surface area contributed by atoms with Gasteiger partial charge in [-0.25, -0.2) is 0 Å². The van der Waals surface area contributed by atoms with E-state index in [4.69, 9.17) is 0 Å². The first kappa shape index (κ1) is 19.2. The second-order valence-electron chi connectivity index (χ2n) is 8.46. The number of hydrogen-bond donors (Lipinski definition) is 1. The minimum Gasteiger partial charge on any atom is -0.316 e. The lowest BCUT2D eigenvalue weighted by atomic mass is 9.77. The van der Waals surface area contributed by atoms with Crippen LogP contribution in [0.1, 0.15) is 37.7 Å². The summed E-state index contributed by atoms with van der Waals surface area (Å²) in [5.74, 6) is 0.894. The van der Waals surface area contributed by atoms with E-state index < -0.39 is 0 Å². The summed E-state index contributed by atoms with van der Waals surface area (Å²) in [6, 6.07) is 11.0. The molecule has 4 rings (SSSR count). The van der Waals surface area contributed by atoms with Crippen molar-refractivity contribution in [2.24, 2.45) is 11.3 Å². The molecule has 0 aliphatic carbocycles. The molecular weight excluding hydrogens is 330 g/mol. The van der Waals surface area contributed by atoms with Gasteiger partial charge in [-0.05, 0) is 81.7 Å². The summed E-state index contributed by atoms with van der Waals surface area (Å²) < 4.78 is 0. The van der Waals surface area contributed by atoms with Crippen molar-refractivity contribution in [1.29, 1.82) is 0 Å². The summed E-state index contributed by atoms with van der Waals surface area (Å²) in [4.78, 5) is 5.44. The maximum absolute atomic E-state index is 3.57. The second kappa shape index (κ2) is 8.85. The molecular formula is C21H34ClN3. The van der Waals surface area contributed by atoms with Crippen LogP contribution in [0.4, 0.5) is 0 Å². The molecule has 1 aromatic rings. The molecule has 3 heterocycles. The van der Waals surface area contributed by atoms with Crippen molar-refractivity contribution in [3.05, 3.63) is 35.9 Å². The van der Waals surface area contributed by atoms with Gasteiger partial charge in [0.25, 0.3) is 0 Å². The summed E-state index contributed by atoms with van der Waals surface area (Å²) in [7, 11) is 0. The first-order chi connectivity index (χ1) is 11.8. The molecule has 1 aromatic carbocycles. The summed E-state index contributed by atoms with van der Waals surface area (Å²) in [5, 5.41) is 3.57. The highest BCUT2D eigenvalue weighted by molar-refractivity contribution is 5.85. The maximum atomic E-state index is 3.57. The van der Waals surface area contributed by atoms with Crippen LogP contribution in [0.5, 0.6) is 0 Å². The van der Waals surface area contributed by atoms with Gasteiger partial charge in [-0.3, -0.25) is 4.90 Å². The number of hydrogen-bond acceptors (Lipinski definition) is 3. The fourth-order valence-electron chi connectivity index (χ4n) is 5.07. The fraction of sp³-hybridized carbons (Fsp3) is 0.714. The van der Waals surface area contributed by atoms with E-state index in [1.807, 2.05) is 0 Å². The molecule has 0 radical (unpaired) electrons. The third kappa shape index (κ3) is 4.97. The van der Waals surface area contributed by atoms with Crippen molar-refractivity contribution >= 4 is 12.4 Å². The molecule has 4 heteroatoms. The zero-order valence-corrected chi connectivity index (χ0v) is 16.3. The van der Waals surface area contributed by atoms with E-state index in [0.29, 0.717) is 5.41 Å². The van der Waals surface area contributed by atoms with Gasteiger partial charge >= 0.3 is 0 Å². The van der Waals surface area contributed by atoms with Crippen LogP contribution in [0.15, 0.2) is 30.3 Å². The van der Waals surface area contributed by atoms with Crippen molar-refractivity contribution in [1.82, 2.24) is 15.1 Å². The average molecular weight is 364 g/mol. The largest absolute Gasteiger partial charge is 0.316 e. The number of nitrogens with zero attached hydrogens (tertiary/aromatic N) is 2. The van der Waals surface area contributed by atoms with Gasteiger partial charge in [0.2, 0.25) is 0 Å². The molecule has 0 bridgehead atoms. The molecule has 3 fully saturated rings. The molecule has 1 unspecified atom stereocenters. The Morgan fingerprint density at radius 1 is 1.00 bits per heavy atom. The Morgan fingerprint density at radius 2 is 1.72 bits per heavy atom. The second-order valence-corrected chi connectivity index (χ2v) is 8.46. The predicted octanol–water partition coefficient (Wildman–Crippen LogP) is 3.40. The molecule has 3 aliphatic rings. The molecule has 1 atom stereocenters. The van der Waals surface area contributed by atoms with Crippen LogP contribution < -0.4 is 5.32 Å². The summed E-state index contributed by atoms with van der Waals surface area (Å²) in [6.45, 7) is 10.2. The maximum Gasteiger partial charge on any atom is 0.0233 e. The van der Waals surface area contributed by atoms with E-state index in [9.17, 15) is 0 Å². The molecule has 1 spiro atoms. The molecule has 140 valence electrons. The van der Waals surface area contributed by atoms with Crippen LogP contribution >= 0.6 is 12.4 Å². The SMILES string of the molecule is Cl.c1ccc(CN2CCC3(CCN(CC4CCCNC4)CC3)C2)cc1. The van der Waals surface area contributed by atoms with Crippen LogP contribution in [0, 0.1) is 11.3 Å². The smallest absolute Gasteiger partial charge is 0.0233 e. The van der Waals surface area contributed by atoms with Crippen LogP contribution in [0.2, 0.25) is 0 Å². The van der Waals surface area contributed by atoms with Gasteiger partial charge in [0, 0.05) is 19.6 Å². The fourth-order valence-corrected chi connectivity index (χ4v) is 5.07. The molecule has 0 aromatic heterocycles. The Bertz CT molecular complexity index is 507.